The lowest BCUT2D eigenvalue weighted by Gasteiger charge is -2.17. The average Bonchev–Trinajstić information content (AvgIpc) is 2.88. The first kappa shape index (κ1) is 13.1. The summed E-state index contributed by atoms with van der Waals surface area (Å²) in [7, 11) is 1.97. The number of nitrogens with one attached hydrogen (secondary N) is 2. The van der Waals surface area contributed by atoms with Gasteiger partial charge in [-0.2, -0.15) is 0 Å². The van der Waals surface area contributed by atoms with Gasteiger partial charge in [-0.3, -0.25) is 0 Å². The molecule has 2 heterocycles. The van der Waals surface area contributed by atoms with E-state index in [1.165, 1.54) is 12.8 Å². The molecule has 0 aromatic carbocycles. The first-order valence-electron chi connectivity index (χ1n) is 6.78. The third-order valence-electron chi connectivity index (χ3n) is 3.16. The molecule has 5 heteroatoms. The Hall–Kier alpha value is -1.36. The van der Waals surface area contributed by atoms with Crippen LogP contribution < -0.4 is 15.5 Å². The summed E-state index contributed by atoms with van der Waals surface area (Å²) < 4.78 is 0. The van der Waals surface area contributed by atoms with Crippen molar-refractivity contribution in [1.82, 2.24) is 15.3 Å². The molecule has 0 bridgehead atoms. The van der Waals surface area contributed by atoms with Crippen molar-refractivity contribution < 1.29 is 0 Å². The second-order valence-electron chi connectivity index (χ2n) is 4.74. The summed E-state index contributed by atoms with van der Waals surface area (Å²) in [5.74, 6) is 2.85. The van der Waals surface area contributed by atoms with Gasteiger partial charge < -0.3 is 15.5 Å². The average molecular weight is 249 g/mol. The van der Waals surface area contributed by atoms with Gasteiger partial charge in [-0.25, -0.2) is 9.97 Å². The monoisotopic (exact) mass is 249 g/mol. The highest BCUT2D eigenvalue weighted by Crippen LogP contribution is 2.20. The molecule has 1 aliphatic heterocycles. The van der Waals surface area contributed by atoms with Crippen LogP contribution in [0.5, 0.6) is 0 Å². The van der Waals surface area contributed by atoms with Crippen LogP contribution in [0.4, 0.5) is 11.6 Å². The van der Waals surface area contributed by atoms with E-state index in [2.05, 4.69) is 31.6 Å². The Labute approximate surface area is 109 Å². The Morgan fingerprint density at radius 2 is 2.00 bits per heavy atom. The van der Waals surface area contributed by atoms with Crippen LogP contribution in [-0.4, -0.2) is 43.2 Å². The topological polar surface area (TPSA) is 53.1 Å². The van der Waals surface area contributed by atoms with Crippen LogP contribution in [0.2, 0.25) is 0 Å². The van der Waals surface area contributed by atoms with E-state index in [9.17, 15) is 0 Å². The van der Waals surface area contributed by atoms with Gasteiger partial charge in [0.2, 0.25) is 0 Å². The third-order valence-corrected chi connectivity index (χ3v) is 3.16. The molecular formula is C13H23N5. The van der Waals surface area contributed by atoms with Gasteiger partial charge in [0.05, 0.1) is 0 Å². The maximum Gasteiger partial charge on any atom is 0.134 e. The van der Waals surface area contributed by atoms with Gasteiger partial charge in [0.25, 0.3) is 0 Å². The van der Waals surface area contributed by atoms with E-state index in [0.29, 0.717) is 0 Å². The summed E-state index contributed by atoms with van der Waals surface area (Å²) >= 11 is 0. The number of nitrogens with zero attached hydrogens (tertiary/aromatic N) is 3. The molecule has 1 aromatic heterocycles. The smallest absolute Gasteiger partial charge is 0.134 e. The minimum absolute atomic E-state index is 0.843. The maximum absolute atomic E-state index is 4.52. The van der Waals surface area contributed by atoms with Crippen molar-refractivity contribution in [3.05, 3.63) is 11.9 Å². The van der Waals surface area contributed by atoms with Crippen molar-refractivity contribution in [3.63, 3.8) is 0 Å². The molecule has 5 nitrogen and oxygen atoms in total. The van der Waals surface area contributed by atoms with Gasteiger partial charge in [-0.05, 0) is 39.8 Å². The van der Waals surface area contributed by atoms with Gasteiger partial charge in [-0.1, -0.05) is 0 Å². The highest BCUT2D eigenvalue weighted by atomic mass is 15.2. The lowest BCUT2D eigenvalue weighted by molar-refractivity contribution is 0.746. The lowest BCUT2D eigenvalue weighted by Crippen LogP contribution is -2.20. The summed E-state index contributed by atoms with van der Waals surface area (Å²) in [6.07, 6.45) is 3.64. The van der Waals surface area contributed by atoms with Crippen LogP contribution in [-0.2, 0) is 0 Å². The molecule has 0 saturated carbocycles. The molecule has 2 N–H and O–H groups in total. The summed E-state index contributed by atoms with van der Waals surface area (Å²) in [6, 6.07) is 2.07. The molecular weight excluding hydrogens is 226 g/mol. The normalized spacial score (nSPS) is 15.1. The zero-order chi connectivity index (χ0) is 12.8. The molecule has 1 aromatic rings. The summed E-state index contributed by atoms with van der Waals surface area (Å²) in [5.41, 5.74) is 0. The van der Waals surface area contributed by atoms with Crippen molar-refractivity contribution in [2.75, 3.05) is 43.4 Å². The van der Waals surface area contributed by atoms with Gasteiger partial charge in [0.15, 0.2) is 0 Å². The maximum atomic E-state index is 4.52. The predicted octanol–water partition coefficient (Wildman–Crippen LogP) is 1.41. The Morgan fingerprint density at radius 3 is 2.72 bits per heavy atom. The van der Waals surface area contributed by atoms with Crippen molar-refractivity contribution in [2.45, 2.75) is 26.2 Å². The minimum Gasteiger partial charge on any atom is -0.370 e. The highest BCUT2D eigenvalue weighted by Gasteiger charge is 2.14. The summed E-state index contributed by atoms with van der Waals surface area (Å²) in [4.78, 5) is 11.3. The van der Waals surface area contributed by atoms with Crippen molar-refractivity contribution in [1.29, 1.82) is 0 Å². The van der Waals surface area contributed by atoms with E-state index in [1.807, 2.05) is 14.0 Å². The largest absolute Gasteiger partial charge is 0.370 e. The van der Waals surface area contributed by atoms with E-state index >= 15 is 0 Å². The second kappa shape index (κ2) is 6.54. The predicted molar refractivity (Wildman–Crippen MR) is 75.2 cm³/mol. The first-order chi connectivity index (χ1) is 8.79. The zero-order valence-electron chi connectivity index (χ0n) is 11.4. The molecule has 0 radical (unpaired) electrons. The van der Waals surface area contributed by atoms with Crippen LogP contribution in [0.15, 0.2) is 6.07 Å². The molecule has 1 aliphatic rings. The molecule has 0 spiro atoms. The van der Waals surface area contributed by atoms with Crippen molar-refractivity contribution in [2.24, 2.45) is 0 Å². The highest BCUT2D eigenvalue weighted by molar-refractivity contribution is 5.49. The molecule has 100 valence electrons. The number of aromatic nitrogens is 2. The summed E-state index contributed by atoms with van der Waals surface area (Å²) in [5, 5.41) is 6.51. The number of aryl methyl sites for hydroxylation is 1. The Bertz CT molecular complexity index is 374. The minimum atomic E-state index is 0.843. The zero-order valence-corrected chi connectivity index (χ0v) is 11.4. The van der Waals surface area contributed by atoms with E-state index in [0.717, 1.165) is 50.1 Å². The molecule has 0 amide bonds. The number of hydrogen-bond acceptors (Lipinski definition) is 5. The SMILES string of the molecule is CNCCCNc1cc(N2CCCC2)nc(C)n1. The number of hydrogen-bond donors (Lipinski definition) is 2. The number of anilines is 2. The van der Waals surface area contributed by atoms with Gasteiger partial charge in [0.1, 0.15) is 17.5 Å². The first-order valence-corrected chi connectivity index (χ1v) is 6.78. The van der Waals surface area contributed by atoms with Gasteiger partial charge in [-0.15, -0.1) is 0 Å². The quantitative estimate of drug-likeness (QED) is 0.747. The van der Waals surface area contributed by atoms with Gasteiger partial charge in [0, 0.05) is 25.7 Å². The lowest BCUT2D eigenvalue weighted by atomic mass is 10.4. The van der Waals surface area contributed by atoms with Crippen LogP contribution >= 0.6 is 0 Å². The molecule has 2 rings (SSSR count). The molecule has 0 unspecified atom stereocenters. The Balaban J connectivity index is 1.97. The van der Waals surface area contributed by atoms with Crippen molar-refractivity contribution >= 4 is 11.6 Å². The number of rotatable bonds is 6. The Morgan fingerprint density at radius 1 is 1.22 bits per heavy atom. The molecule has 0 aliphatic carbocycles. The Kier molecular flexibility index (Phi) is 4.75. The van der Waals surface area contributed by atoms with E-state index in [1.54, 1.807) is 0 Å². The second-order valence-corrected chi connectivity index (χ2v) is 4.74. The van der Waals surface area contributed by atoms with Gasteiger partial charge >= 0.3 is 0 Å². The molecule has 0 atom stereocenters. The van der Waals surface area contributed by atoms with E-state index in [4.69, 9.17) is 0 Å². The van der Waals surface area contributed by atoms with Crippen LogP contribution in [0.1, 0.15) is 25.1 Å². The molecule has 1 fully saturated rings. The van der Waals surface area contributed by atoms with Crippen LogP contribution in [0, 0.1) is 6.92 Å². The van der Waals surface area contributed by atoms with Crippen LogP contribution in [0.3, 0.4) is 0 Å². The van der Waals surface area contributed by atoms with Crippen molar-refractivity contribution in [3.8, 4) is 0 Å². The fourth-order valence-corrected chi connectivity index (χ4v) is 2.23. The third kappa shape index (κ3) is 3.57. The fourth-order valence-electron chi connectivity index (χ4n) is 2.23. The molecule has 18 heavy (non-hydrogen) atoms. The summed E-state index contributed by atoms with van der Waals surface area (Å²) in [6.45, 7) is 6.16. The fraction of sp³-hybridized carbons (Fsp3) is 0.692. The standard InChI is InChI=1S/C13H23N5/c1-11-16-12(15-7-5-6-14-2)10-13(17-11)18-8-3-4-9-18/h10,14H,3-9H2,1-2H3,(H,15,16,17). The van der Waals surface area contributed by atoms with Crippen LogP contribution in [0.25, 0.3) is 0 Å². The van der Waals surface area contributed by atoms with E-state index < -0.39 is 0 Å². The van der Waals surface area contributed by atoms with E-state index in [-0.39, 0.29) is 0 Å². The molecule has 1 saturated heterocycles.